The fourth-order valence-electron chi connectivity index (χ4n) is 8.92. The van der Waals surface area contributed by atoms with Crippen LogP contribution in [0.3, 0.4) is 0 Å². The molecule has 6 rings (SSSR count). The van der Waals surface area contributed by atoms with E-state index in [1.54, 1.807) is 22.3 Å². The first-order valence-electron chi connectivity index (χ1n) is 18.1. The highest BCUT2D eigenvalue weighted by atomic mass is 28.3. The van der Waals surface area contributed by atoms with Crippen molar-refractivity contribution >= 4 is 20.2 Å². The van der Waals surface area contributed by atoms with E-state index in [1.807, 2.05) is 0 Å². The molecule has 244 valence electrons. The second kappa shape index (κ2) is 12.2. The molecule has 1 heteroatoms. The lowest BCUT2D eigenvalue weighted by molar-refractivity contribution is 0.590. The van der Waals surface area contributed by atoms with Crippen LogP contribution in [0, 0.1) is 5.92 Å². The Kier molecular flexibility index (Phi) is 8.71. The van der Waals surface area contributed by atoms with Gasteiger partial charge < -0.3 is 0 Å². The van der Waals surface area contributed by atoms with Crippen molar-refractivity contribution in [2.75, 3.05) is 0 Å². The molecule has 0 heterocycles. The van der Waals surface area contributed by atoms with Gasteiger partial charge in [0.25, 0.3) is 0 Å². The molecule has 0 saturated heterocycles. The first-order chi connectivity index (χ1) is 22.2. The van der Waals surface area contributed by atoms with Gasteiger partial charge in [-0.15, -0.1) is 0 Å². The molecule has 4 aromatic carbocycles. The molecule has 0 radical (unpaired) electrons. The van der Waals surface area contributed by atoms with Crippen LogP contribution >= 0.6 is 0 Å². The summed E-state index contributed by atoms with van der Waals surface area (Å²) in [5.74, 6) is 0.506. The van der Waals surface area contributed by atoms with Crippen LogP contribution in [0.4, 0.5) is 0 Å². The molecule has 0 aliphatic heterocycles. The quantitative estimate of drug-likeness (QED) is 0.177. The van der Waals surface area contributed by atoms with Crippen molar-refractivity contribution in [1.82, 2.24) is 0 Å². The molecule has 2 atom stereocenters. The predicted octanol–water partition coefficient (Wildman–Crippen LogP) is 13.5. The largest absolute Gasteiger partial charge is 0.0776 e. The fraction of sp³-hybridized carbons (Fsp3) is 0.391. The van der Waals surface area contributed by atoms with Gasteiger partial charge >= 0.3 is 0 Å². The average Bonchev–Trinajstić information content (AvgIpc) is 3.60. The number of allylic oxidation sites excluding steroid dienone is 2. The number of benzene rings is 4. The smallest absolute Gasteiger partial charge is 0.0678 e. The third-order valence-electron chi connectivity index (χ3n) is 11.6. The Hall–Kier alpha value is -3.42. The van der Waals surface area contributed by atoms with E-state index in [0.717, 1.165) is 0 Å². The lowest BCUT2D eigenvalue weighted by atomic mass is 9.86. The second-order valence-electron chi connectivity index (χ2n) is 16.8. The van der Waals surface area contributed by atoms with Gasteiger partial charge in [0.2, 0.25) is 0 Å². The van der Waals surface area contributed by atoms with Crippen LogP contribution in [0.5, 0.6) is 0 Å². The van der Waals surface area contributed by atoms with Gasteiger partial charge in [-0.2, -0.15) is 0 Å². The molecule has 0 aromatic heterocycles. The van der Waals surface area contributed by atoms with Crippen molar-refractivity contribution in [2.24, 2.45) is 5.92 Å². The lowest BCUT2D eigenvalue weighted by Crippen LogP contribution is -2.48. The summed E-state index contributed by atoms with van der Waals surface area (Å²) in [4.78, 5) is 0. The zero-order valence-corrected chi connectivity index (χ0v) is 31.9. The average molecular weight is 637 g/mol. The van der Waals surface area contributed by atoms with Crippen molar-refractivity contribution in [3.8, 4) is 22.3 Å². The molecule has 0 bridgehead atoms. The summed E-state index contributed by atoms with van der Waals surface area (Å²) >= 11 is 0. The Balaban J connectivity index is 1.47. The van der Waals surface area contributed by atoms with Crippen molar-refractivity contribution in [2.45, 2.75) is 110 Å². The molecule has 0 N–H and O–H groups in total. The van der Waals surface area contributed by atoms with Crippen LogP contribution in [0.2, 0.25) is 12.1 Å². The van der Waals surface area contributed by atoms with E-state index >= 15 is 0 Å². The number of hydrogen-bond acceptors (Lipinski definition) is 0. The first-order valence-corrected chi connectivity index (χ1v) is 20.7. The highest BCUT2D eigenvalue weighted by Crippen LogP contribution is 2.58. The van der Waals surface area contributed by atoms with Gasteiger partial charge in [0.1, 0.15) is 0 Å². The van der Waals surface area contributed by atoms with Gasteiger partial charge in [-0.25, -0.2) is 0 Å². The van der Waals surface area contributed by atoms with Gasteiger partial charge in [0.15, 0.2) is 0 Å². The summed E-state index contributed by atoms with van der Waals surface area (Å²) in [5, 5.41) is 0. The molecule has 0 amide bonds. The van der Waals surface area contributed by atoms with Crippen LogP contribution in [0.25, 0.3) is 34.4 Å². The molecule has 0 nitrogen and oxygen atoms in total. The van der Waals surface area contributed by atoms with Gasteiger partial charge in [-0.3, -0.25) is 0 Å². The summed E-state index contributed by atoms with van der Waals surface area (Å²) in [7, 11) is -2.02. The van der Waals surface area contributed by atoms with E-state index in [2.05, 4.69) is 173 Å². The summed E-state index contributed by atoms with van der Waals surface area (Å²) < 4.78 is 0. The first kappa shape index (κ1) is 33.5. The van der Waals surface area contributed by atoms with Crippen LogP contribution in [-0.2, 0) is 10.8 Å². The topological polar surface area (TPSA) is 0 Å². The Labute approximate surface area is 287 Å². The SMILES string of the molecule is CC[Si](CC)(C1C(C)=Cc2c(-c3ccc(C(C)(C)C)cc3)cccc21)C1C(C(C)C)=Cc2c(-c3ccc(C(C)(C)C)cc3)cccc21. The number of hydrogen-bond donors (Lipinski definition) is 0. The van der Waals surface area contributed by atoms with Gasteiger partial charge in [0, 0.05) is 11.1 Å². The molecule has 47 heavy (non-hydrogen) atoms. The molecule has 0 spiro atoms. The van der Waals surface area contributed by atoms with E-state index in [-0.39, 0.29) is 10.8 Å². The third-order valence-corrected chi connectivity index (χ3v) is 18.0. The molecule has 2 aliphatic rings. The Morgan fingerprint density at radius 1 is 0.574 bits per heavy atom. The van der Waals surface area contributed by atoms with E-state index in [9.17, 15) is 0 Å². The maximum Gasteiger partial charge on any atom is 0.0776 e. The summed E-state index contributed by atoms with van der Waals surface area (Å²) in [6.45, 7) is 26.1. The second-order valence-corrected chi connectivity index (χ2v) is 21.8. The molecule has 0 fully saturated rings. The minimum atomic E-state index is -2.02. The van der Waals surface area contributed by atoms with Gasteiger partial charge in [-0.05, 0) is 79.3 Å². The third kappa shape index (κ3) is 5.73. The van der Waals surface area contributed by atoms with Crippen LogP contribution in [0.1, 0.15) is 121 Å². The maximum absolute atomic E-state index is 2.62. The van der Waals surface area contributed by atoms with E-state index in [4.69, 9.17) is 0 Å². The predicted molar refractivity (Wildman–Crippen MR) is 210 cm³/mol. The molecule has 2 unspecified atom stereocenters. The zero-order chi connectivity index (χ0) is 33.9. The van der Waals surface area contributed by atoms with Crippen molar-refractivity contribution in [3.05, 3.63) is 129 Å². The minimum Gasteiger partial charge on any atom is -0.0678 e. The normalized spacial score (nSPS) is 17.9. The highest BCUT2D eigenvalue weighted by Gasteiger charge is 2.52. The number of rotatable bonds is 7. The molecular weight excluding hydrogens is 581 g/mol. The Bertz CT molecular complexity index is 1830. The minimum absolute atomic E-state index is 0.152. The van der Waals surface area contributed by atoms with Gasteiger partial charge in [0.05, 0.1) is 8.07 Å². The lowest BCUT2D eigenvalue weighted by Gasteiger charge is -2.45. The van der Waals surface area contributed by atoms with Crippen LogP contribution < -0.4 is 0 Å². The fourth-order valence-corrected chi connectivity index (χ4v) is 15.2. The molecule has 0 saturated carbocycles. The standard InChI is InChI=1S/C46H56Si/c1-12-47(13-2,43-31(5)28-41-36(16-14-18-38(41)43)32-20-24-34(25-21-32)45(6,7)8)44-39-19-15-17-37(42(39)29-40(44)30(3)4)33-22-26-35(27-23-33)46(9,10)11/h14-30,43-44H,12-13H2,1-11H3. The monoisotopic (exact) mass is 636 g/mol. The van der Waals surface area contributed by atoms with E-state index in [0.29, 0.717) is 17.0 Å². The summed E-state index contributed by atoms with van der Waals surface area (Å²) in [6, 6.07) is 35.6. The van der Waals surface area contributed by atoms with Crippen molar-refractivity contribution in [3.63, 3.8) is 0 Å². The summed E-state index contributed by atoms with van der Waals surface area (Å²) in [6.07, 6.45) is 5.18. The molecule has 2 aliphatic carbocycles. The van der Waals surface area contributed by atoms with E-state index < -0.39 is 8.07 Å². The van der Waals surface area contributed by atoms with Crippen molar-refractivity contribution < 1.29 is 0 Å². The van der Waals surface area contributed by atoms with Crippen molar-refractivity contribution in [1.29, 1.82) is 0 Å². The number of fused-ring (bicyclic) bond motifs is 2. The zero-order valence-electron chi connectivity index (χ0n) is 30.9. The molecule has 4 aromatic rings. The van der Waals surface area contributed by atoms with Crippen LogP contribution in [-0.4, -0.2) is 8.07 Å². The Morgan fingerprint density at radius 3 is 1.40 bits per heavy atom. The summed E-state index contributed by atoms with van der Waals surface area (Å²) in [5.41, 5.74) is 18.8. The van der Waals surface area contributed by atoms with E-state index in [1.165, 1.54) is 56.6 Å². The molecular formula is C46H56Si. The Morgan fingerprint density at radius 2 is 1.00 bits per heavy atom. The van der Waals surface area contributed by atoms with Gasteiger partial charge in [-0.1, -0.05) is 190 Å². The highest BCUT2D eigenvalue weighted by molar-refractivity contribution is 6.84. The van der Waals surface area contributed by atoms with Crippen LogP contribution in [0.15, 0.2) is 96.1 Å². The maximum atomic E-state index is 2.62.